The van der Waals surface area contributed by atoms with E-state index in [9.17, 15) is 29.1 Å². The Morgan fingerprint density at radius 1 is 0.729 bits per heavy atom. The fraction of sp³-hybridized carbons (Fsp3) is 0.643. The zero-order chi connectivity index (χ0) is 51.8. The fourth-order valence-electron chi connectivity index (χ4n) is 10.4. The number of fused-ring (bicyclic) bond motifs is 2. The molecule has 14 nitrogen and oxygen atoms in total. The molecule has 0 spiro atoms. The van der Waals surface area contributed by atoms with Gasteiger partial charge in [-0.3, -0.25) is 14.4 Å². The van der Waals surface area contributed by atoms with Crippen LogP contribution in [0.1, 0.15) is 178 Å². The minimum Gasteiger partial charge on any atom is -0.506 e. The average molecular weight is 970 g/mol. The molecule has 70 heavy (non-hydrogen) atoms. The molecule has 5 N–H and O–H groups in total. The van der Waals surface area contributed by atoms with Crippen LogP contribution in [0.5, 0.6) is 0 Å². The first-order valence-electron chi connectivity index (χ1n) is 26.3. The lowest BCUT2D eigenvalue weighted by molar-refractivity contribution is -0.116. The molecule has 2 heterocycles. The molecule has 2 aromatic carbocycles. The van der Waals surface area contributed by atoms with Gasteiger partial charge in [0.2, 0.25) is 23.0 Å². The quantitative estimate of drug-likeness (QED) is 0.0679. The topological polar surface area (TPSA) is 178 Å². The van der Waals surface area contributed by atoms with Crippen LogP contribution in [0.3, 0.4) is 0 Å². The summed E-state index contributed by atoms with van der Waals surface area (Å²) < 4.78 is 13.3. The van der Waals surface area contributed by atoms with Gasteiger partial charge in [0, 0.05) is 71.5 Å². The van der Waals surface area contributed by atoms with E-state index in [1.165, 1.54) is 0 Å². The van der Waals surface area contributed by atoms with E-state index < -0.39 is 18.0 Å². The monoisotopic (exact) mass is 970 g/mol. The SMILES string of the molecule is CCCCC(CC)COC(=O)NCCC(=O)Nc1cc2c(cc1C1=C(O)C(=c3cc4c(cc3NC(=O)CCNC(=O)OCC(CC)CCCC)=[N+](C(C)C)C(C)C4(C)C)C1=O)C(C)(C)C(C)N2C(C)C. The standard InChI is InChI=1S/C56H84N6O8/c1-15-19-21-37(17-3)31-69-53(67)57-25-23-47(63)59-43-29-45-41(55(11,12)35(9)61(45)33(5)6)27-39(43)49-51(65)50(52(49)66)40-28-42-46(62(34(7)8)36(10)56(42,13)14)30-44(40)60-48(64)24-26-58-54(68)70-32-38(18-4)22-20-16-2/h27-30,33-38H,15-26,31-32H2,1-14H3,(H4,57,58,59,60,63,64,65,66,67,68)/p+1. The molecule has 4 unspecified atom stereocenters. The molecule has 386 valence electrons. The van der Waals surface area contributed by atoms with E-state index in [4.69, 9.17) is 9.47 Å². The molecular weight excluding hydrogens is 885 g/mol. The van der Waals surface area contributed by atoms with Crippen molar-refractivity contribution in [3.8, 4) is 0 Å². The minimum absolute atomic E-state index is 0.0400. The number of hydrogen-bond donors (Lipinski definition) is 5. The van der Waals surface area contributed by atoms with Gasteiger partial charge in [0.1, 0.15) is 11.8 Å². The molecule has 1 aliphatic carbocycles. The first kappa shape index (κ1) is 55.5. The molecule has 3 aliphatic rings. The number of ketones is 1. The van der Waals surface area contributed by atoms with Gasteiger partial charge >= 0.3 is 12.2 Å². The van der Waals surface area contributed by atoms with Crippen molar-refractivity contribution in [1.29, 1.82) is 0 Å². The number of anilines is 3. The maximum Gasteiger partial charge on any atom is 0.407 e. The Kier molecular flexibility index (Phi) is 18.8. The lowest BCUT2D eigenvalue weighted by Crippen LogP contribution is -2.42. The van der Waals surface area contributed by atoms with Crippen molar-refractivity contribution in [1.82, 2.24) is 15.2 Å². The highest BCUT2D eigenvalue weighted by Crippen LogP contribution is 2.51. The van der Waals surface area contributed by atoms with E-state index in [-0.39, 0.29) is 101 Å². The van der Waals surface area contributed by atoms with Gasteiger partial charge in [0.15, 0.2) is 6.04 Å². The summed E-state index contributed by atoms with van der Waals surface area (Å²) in [5.74, 6) is -0.878. The molecule has 2 aromatic rings. The second kappa shape index (κ2) is 23.7. The van der Waals surface area contributed by atoms with Gasteiger partial charge < -0.3 is 40.7 Å². The Morgan fingerprint density at radius 3 is 1.73 bits per heavy atom. The largest absolute Gasteiger partial charge is 0.506 e. The normalized spacial score (nSPS) is 19.4. The number of carbonyl (C=O) groups is 5. The Hall–Kier alpha value is -5.40. The number of aliphatic hydroxyl groups is 1. The predicted octanol–water partition coefficient (Wildman–Crippen LogP) is 9.41. The van der Waals surface area contributed by atoms with Crippen molar-refractivity contribution in [2.75, 3.05) is 41.8 Å². The van der Waals surface area contributed by atoms with E-state index in [1.54, 1.807) is 0 Å². The summed E-state index contributed by atoms with van der Waals surface area (Å²) in [4.78, 5) is 69.9. The molecule has 2 aliphatic heterocycles. The highest BCUT2D eigenvalue weighted by atomic mass is 16.6. The maximum absolute atomic E-state index is 14.9. The second-order valence-electron chi connectivity index (χ2n) is 21.5. The third kappa shape index (κ3) is 12.0. The van der Waals surface area contributed by atoms with Crippen molar-refractivity contribution in [2.24, 2.45) is 11.8 Å². The highest BCUT2D eigenvalue weighted by Gasteiger charge is 2.48. The van der Waals surface area contributed by atoms with Gasteiger partial charge in [-0.2, -0.15) is 0 Å². The smallest absolute Gasteiger partial charge is 0.407 e. The number of ether oxygens (including phenoxy) is 2. The zero-order valence-corrected chi connectivity index (χ0v) is 44.9. The second-order valence-corrected chi connectivity index (χ2v) is 21.5. The maximum atomic E-state index is 14.9. The first-order chi connectivity index (χ1) is 33.0. The first-order valence-corrected chi connectivity index (χ1v) is 26.3. The molecule has 0 aromatic heterocycles. The van der Waals surface area contributed by atoms with Crippen molar-refractivity contribution in [3.05, 3.63) is 57.3 Å². The van der Waals surface area contributed by atoms with E-state index in [0.29, 0.717) is 35.4 Å². The summed E-state index contributed by atoms with van der Waals surface area (Å²) in [5, 5.41) is 25.1. The van der Waals surface area contributed by atoms with Crippen LogP contribution in [0.15, 0.2) is 30.0 Å². The van der Waals surface area contributed by atoms with Crippen LogP contribution < -0.4 is 41.3 Å². The number of benzene rings is 2. The Bertz CT molecular complexity index is 2440. The van der Waals surface area contributed by atoms with E-state index >= 15 is 0 Å². The summed E-state index contributed by atoms with van der Waals surface area (Å²) in [7, 11) is 0. The molecule has 4 atom stereocenters. The molecule has 5 rings (SSSR count). The van der Waals surface area contributed by atoms with Crippen molar-refractivity contribution < 1.29 is 38.6 Å². The number of unbranched alkanes of at least 4 members (excludes halogenated alkanes) is 2. The third-order valence-electron chi connectivity index (χ3n) is 15.5. The summed E-state index contributed by atoms with van der Waals surface area (Å²) in [6, 6.07) is 8.03. The lowest BCUT2D eigenvalue weighted by Gasteiger charge is -2.34. The number of hydrogen-bond acceptors (Lipinski definition) is 9. The molecule has 4 amide bonds. The number of amides is 4. The van der Waals surface area contributed by atoms with Crippen molar-refractivity contribution in [3.63, 3.8) is 0 Å². The number of aliphatic hydroxyl groups excluding tert-OH is 1. The zero-order valence-electron chi connectivity index (χ0n) is 44.9. The van der Waals surface area contributed by atoms with Crippen LogP contribution in [-0.2, 0) is 34.7 Å². The number of Topliss-reactive ketones (excluding diaryl/α,β-unsaturated/α-hetero) is 1. The van der Waals surface area contributed by atoms with E-state index in [2.05, 4.69) is 128 Å². The number of alkyl carbamates (subject to hydrolysis) is 2. The number of nitrogens with one attached hydrogen (secondary N) is 4. The van der Waals surface area contributed by atoms with Gasteiger partial charge in [-0.1, -0.05) is 80.1 Å². The summed E-state index contributed by atoms with van der Waals surface area (Å²) in [5.41, 5.74) is 3.39. The van der Waals surface area contributed by atoms with E-state index in [0.717, 1.165) is 73.5 Å². The lowest BCUT2D eigenvalue weighted by atomic mass is 9.76. The van der Waals surface area contributed by atoms with Crippen LogP contribution in [-0.4, -0.2) is 85.4 Å². The predicted molar refractivity (Wildman–Crippen MR) is 281 cm³/mol. The van der Waals surface area contributed by atoms with Crippen LogP contribution in [0, 0.1) is 11.8 Å². The van der Waals surface area contributed by atoms with Gasteiger partial charge in [0.05, 0.1) is 41.1 Å². The number of carbonyl (C=O) groups excluding carboxylic acids is 5. The minimum atomic E-state index is -0.574. The van der Waals surface area contributed by atoms with E-state index in [1.807, 2.05) is 24.3 Å². The van der Waals surface area contributed by atoms with Crippen molar-refractivity contribution >= 4 is 58.0 Å². The van der Waals surface area contributed by atoms with Gasteiger partial charge in [-0.25, -0.2) is 14.2 Å². The molecule has 14 heteroatoms. The average Bonchev–Trinajstić information content (AvgIpc) is 3.62. The Balaban J connectivity index is 1.52. The van der Waals surface area contributed by atoms with Crippen molar-refractivity contribution in [2.45, 2.75) is 196 Å². The van der Waals surface area contributed by atoms with Gasteiger partial charge in [0.25, 0.3) is 0 Å². The molecule has 0 radical (unpaired) electrons. The molecule has 0 bridgehead atoms. The van der Waals surface area contributed by atoms with Crippen LogP contribution in [0.25, 0.3) is 11.1 Å². The summed E-state index contributed by atoms with van der Waals surface area (Å²) in [6.45, 7) is 30.6. The Labute approximate surface area is 417 Å². The highest BCUT2D eigenvalue weighted by molar-refractivity contribution is 6.52. The molecular formula is C56H85N6O8+. The van der Waals surface area contributed by atoms with Crippen LogP contribution in [0.2, 0.25) is 0 Å². The fourth-order valence-corrected chi connectivity index (χ4v) is 10.4. The summed E-state index contributed by atoms with van der Waals surface area (Å²) >= 11 is 0. The summed E-state index contributed by atoms with van der Waals surface area (Å²) in [6.07, 6.45) is 6.82. The Morgan fingerprint density at radius 2 is 1.26 bits per heavy atom. The van der Waals surface area contributed by atoms with Crippen LogP contribution in [0.4, 0.5) is 26.7 Å². The molecule has 0 saturated heterocycles. The third-order valence-corrected chi connectivity index (χ3v) is 15.5. The number of allylic oxidation sites excluding steroid dienone is 2. The van der Waals surface area contributed by atoms with Crippen LogP contribution >= 0.6 is 0 Å². The number of rotatable bonds is 23. The van der Waals surface area contributed by atoms with Gasteiger partial charge in [-0.15, -0.1) is 0 Å². The molecule has 0 saturated carbocycles. The van der Waals surface area contributed by atoms with Gasteiger partial charge in [-0.05, 0) is 104 Å². The number of nitrogens with zero attached hydrogens (tertiary/aromatic N) is 2. The molecule has 0 fully saturated rings.